The molecule has 7 nitrogen and oxygen atoms in total. The van der Waals surface area contributed by atoms with Gasteiger partial charge >= 0.3 is 0 Å². The topological polar surface area (TPSA) is 83.4 Å². The van der Waals surface area contributed by atoms with Crippen molar-refractivity contribution in [3.63, 3.8) is 0 Å². The fourth-order valence-electron chi connectivity index (χ4n) is 3.53. The molecule has 0 aliphatic carbocycles. The summed E-state index contributed by atoms with van der Waals surface area (Å²) in [4.78, 5) is 18.2. The molecule has 0 saturated carbocycles. The van der Waals surface area contributed by atoms with Gasteiger partial charge in [0.25, 0.3) is 5.91 Å². The number of rotatable bonds is 10. The average Bonchev–Trinajstić information content (AvgIpc) is 3.15. The van der Waals surface area contributed by atoms with Crippen LogP contribution in [0.25, 0.3) is 0 Å². The number of carbonyl (C=O) groups is 1. The van der Waals surface area contributed by atoms with Gasteiger partial charge in [-0.15, -0.1) is 6.58 Å². The van der Waals surface area contributed by atoms with E-state index in [4.69, 9.17) is 42.8 Å². The molecule has 2 aromatic carbocycles. The minimum absolute atomic E-state index is 0.0672. The van der Waals surface area contributed by atoms with E-state index >= 15 is 0 Å². The summed E-state index contributed by atoms with van der Waals surface area (Å²) in [6.07, 6.45) is 1.62. The van der Waals surface area contributed by atoms with E-state index in [0.717, 1.165) is 0 Å². The number of nitrogens with one attached hydrogen (secondary N) is 1. The van der Waals surface area contributed by atoms with Gasteiger partial charge in [0, 0.05) is 54.7 Å². The molecule has 2 atom stereocenters. The molecular weight excluding hydrogens is 465 g/mol. The smallest absolute Gasteiger partial charge is 0.266 e. The zero-order chi connectivity index (χ0) is 24.0. The average molecular weight is 492 g/mol. The van der Waals surface area contributed by atoms with E-state index in [0.29, 0.717) is 45.8 Å². The highest BCUT2D eigenvalue weighted by molar-refractivity contribution is 6.35. The molecule has 0 bridgehead atoms. The Morgan fingerprint density at radius 2 is 2.03 bits per heavy atom. The summed E-state index contributed by atoms with van der Waals surface area (Å²) in [6.45, 7) is 4.31. The van der Waals surface area contributed by atoms with Crippen LogP contribution in [0, 0.1) is 0 Å². The lowest BCUT2D eigenvalue weighted by atomic mass is 9.84. The zero-order valence-corrected chi connectivity index (χ0v) is 20.1. The number of hydrogen-bond acceptors (Lipinski definition) is 6. The fourth-order valence-corrected chi connectivity index (χ4v) is 4.03. The molecule has 1 heterocycles. The molecule has 0 radical (unpaired) electrons. The highest BCUT2D eigenvalue weighted by Gasteiger charge is 2.53. The quantitative estimate of drug-likeness (QED) is 0.296. The molecule has 0 aromatic heterocycles. The SMILES string of the molecule is C=CC[C@]1(C(=O)NN(C)C)N=C(c2ccc(OCCCO)cc2)O[C@H]1c1ccc(Cl)cc1Cl. The van der Waals surface area contributed by atoms with Crippen molar-refractivity contribution < 1.29 is 19.4 Å². The van der Waals surface area contributed by atoms with E-state index in [1.165, 1.54) is 0 Å². The summed E-state index contributed by atoms with van der Waals surface area (Å²) in [5, 5.41) is 11.3. The van der Waals surface area contributed by atoms with Crippen LogP contribution < -0.4 is 10.2 Å². The highest BCUT2D eigenvalue weighted by atomic mass is 35.5. The number of aliphatic hydroxyl groups excluding tert-OH is 1. The number of aliphatic hydroxyl groups is 1. The molecule has 3 rings (SSSR count). The van der Waals surface area contributed by atoms with Crippen LogP contribution in [0.3, 0.4) is 0 Å². The van der Waals surface area contributed by atoms with E-state index in [2.05, 4.69) is 12.0 Å². The van der Waals surface area contributed by atoms with E-state index in [-0.39, 0.29) is 18.9 Å². The van der Waals surface area contributed by atoms with E-state index in [1.54, 1.807) is 55.5 Å². The second-order valence-corrected chi connectivity index (χ2v) is 8.63. The molecule has 1 aliphatic heterocycles. The number of ether oxygens (including phenoxy) is 2. The summed E-state index contributed by atoms with van der Waals surface area (Å²) in [6, 6.07) is 12.2. The summed E-state index contributed by atoms with van der Waals surface area (Å²) >= 11 is 12.6. The molecule has 176 valence electrons. The molecule has 1 amide bonds. The Kier molecular flexibility index (Phi) is 8.37. The third kappa shape index (κ3) is 5.68. The number of halogens is 2. The molecule has 0 spiro atoms. The number of carbonyl (C=O) groups excluding carboxylic acids is 1. The first-order valence-electron chi connectivity index (χ1n) is 10.5. The van der Waals surface area contributed by atoms with Crippen LogP contribution in [-0.2, 0) is 9.53 Å². The first-order valence-corrected chi connectivity index (χ1v) is 11.2. The van der Waals surface area contributed by atoms with Gasteiger partial charge in [-0.2, -0.15) is 0 Å². The maximum Gasteiger partial charge on any atom is 0.266 e. The van der Waals surface area contributed by atoms with E-state index < -0.39 is 11.6 Å². The Balaban J connectivity index is 2.02. The van der Waals surface area contributed by atoms with Crippen molar-refractivity contribution in [2.24, 2.45) is 4.99 Å². The van der Waals surface area contributed by atoms with Gasteiger partial charge in [-0.05, 0) is 36.4 Å². The van der Waals surface area contributed by atoms with Crippen LogP contribution in [0.4, 0.5) is 0 Å². The van der Waals surface area contributed by atoms with Crippen molar-refractivity contribution in [1.29, 1.82) is 0 Å². The maximum absolute atomic E-state index is 13.4. The predicted molar refractivity (Wildman–Crippen MR) is 130 cm³/mol. The lowest BCUT2D eigenvalue weighted by Crippen LogP contribution is -2.52. The minimum atomic E-state index is -1.32. The van der Waals surface area contributed by atoms with Crippen LogP contribution in [-0.4, -0.2) is 54.8 Å². The van der Waals surface area contributed by atoms with Crippen molar-refractivity contribution in [3.8, 4) is 5.75 Å². The van der Waals surface area contributed by atoms with Gasteiger partial charge in [-0.1, -0.05) is 35.3 Å². The number of amides is 1. The van der Waals surface area contributed by atoms with Gasteiger partial charge in [0.05, 0.1) is 6.61 Å². The Hall–Kier alpha value is -2.58. The monoisotopic (exact) mass is 491 g/mol. The van der Waals surface area contributed by atoms with Gasteiger partial charge in [0.15, 0.2) is 11.6 Å². The third-order valence-corrected chi connectivity index (χ3v) is 5.62. The van der Waals surface area contributed by atoms with Gasteiger partial charge in [0.1, 0.15) is 5.75 Å². The van der Waals surface area contributed by atoms with Crippen LogP contribution in [0.5, 0.6) is 5.75 Å². The molecule has 2 aromatic rings. The van der Waals surface area contributed by atoms with Crippen molar-refractivity contribution in [2.75, 3.05) is 27.3 Å². The van der Waals surface area contributed by atoms with Gasteiger partial charge in [-0.3, -0.25) is 10.2 Å². The minimum Gasteiger partial charge on any atom is -0.494 e. The Morgan fingerprint density at radius 3 is 2.64 bits per heavy atom. The summed E-state index contributed by atoms with van der Waals surface area (Å²) < 4.78 is 11.9. The molecule has 0 fully saturated rings. The molecule has 2 N–H and O–H groups in total. The summed E-state index contributed by atoms with van der Waals surface area (Å²) in [7, 11) is 3.44. The van der Waals surface area contributed by atoms with E-state index in [1.807, 2.05) is 12.1 Å². The van der Waals surface area contributed by atoms with Crippen LogP contribution in [0.1, 0.15) is 30.1 Å². The molecule has 0 unspecified atom stereocenters. The van der Waals surface area contributed by atoms with Crippen LogP contribution in [0.15, 0.2) is 60.1 Å². The molecule has 1 aliphatic rings. The second-order valence-electron chi connectivity index (χ2n) is 7.78. The van der Waals surface area contributed by atoms with Gasteiger partial charge in [0.2, 0.25) is 5.90 Å². The van der Waals surface area contributed by atoms with E-state index in [9.17, 15) is 4.79 Å². The molecule has 33 heavy (non-hydrogen) atoms. The Bertz CT molecular complexity index is 1030. The lowest BCUT2D eigenvalue weighted by molar-refractivity contribution is -0.132. The number of hydrazine groups is 1. The maximum atomic E-state index is 13.4. The number of aliphatic imine (C=N–C) groups is 1. The fraction of sp³-hybridized carbons (Fsp3) is 0.333. The first kappa shape index (κ1) is 25.1. The van der Waals surface area contributed by atoms with Crippen LogP contribution in [0.2, 0.25) is 10.0 Å². The molecule has 9 heteroatoms. The van der Waals surface area contributed by atoms with Crippen molar-refractivity contribution in [2.45, 2.75) is 24.5 Å². The Morgan fingerprint density at radius 1 is 1.30 bits per heavy atom. The van der Waals surface area contributed by atoms with Crippen molar-refractivity contribution in [1.82, 2.24) is 10.4 Å². The highest BCUT2D eigenvalue weighted by Crippen LogP contribution is 2.45. The largest absolute Gasteiger partial charge is 0.494 e. The summed E-state index contributed by atoms with van der Waals surface area (Å²) in [5.41, 5.74) is 2.76. The zero-order valence-electron chi connectivity index (χ0n) is 18.6. The molecule has 0 saturated heterocycles. The van der Waals surface area contributed by atoms with Gasteiger partial charge < -0.3 is 14.6 Å². The predicted octanol–water partition coefficient (Wildman–Crippen LogP) is 4.18. The number of nitrogens with zero attached hydrogens (tertiary/aromatic N) is 2. The summed E-state index contributed by atoms with van der Waals surface area (Å²) in [5.74, 6) is 0.622. The van der Waals surface area contributed by atoms with Crippen molar-refractivity contribution >= 4 is 35.0 Å². The number of benzene rings is 2. The molecular formula is C24H27Cl2N3O4. The number of hydrogen-bond donors (Lipinski definition) is 2. The Labute approximate surface area is 203 Å². The first-order chi connectivity index (χ1) is 15.8. The third-order valence-electron chi connectivity index (χ3n) is 5.06. The van der Waals surface area contributed by atoms with Crippen molar-refractivity contribution in [3.05, 3.63) is 76.3 Å². The lowest BCUT2D eigenvalue weighted by Gasteiger charge is -2.31. The second kappa shape index (κ2) is 11.0. The standard InChI is InChI=1S/C24H27Cl2N3O4/c1-4-12-24(23(31)28-29(2)3)21(19-11-8-17(25)15-20(19)26)33-22(27-24)16-6-9-18(10-7-16)32-14-5-13-30/h4,6-11,15,21,30H,1,5,12-14H2,2-3H3,(H,28,31)/t21-,24-/m0/s1. The van der Waals surface area contributed by atoms with Gasteiger partial charge in [-0.25, -0.2) is 10.0 Å². The normalized spacial score (nSPS) is 19.7. The van der Waals surface area contributed by atoms with Crippen LogP contribution >= 0.6 is 23.2 Å².